The molecule has 0 aromatic heterocycles. The topological polar surface area (TPSA) is 23.8 Å². The lowest BCUT2D eigenvalue weighted by Gasteiger charge is -1.97. The summed E-state index contributed by atoms with van der Waals surface area (Å²) in [7, 11) is 0. The molecule has 2 heteroatoms. The van der Waals surface area contributed by atoms with Crippen LogP contribution in [0.3, 0.4) is 0 Å². The van der Waals surface area contributed by atoms with E-state index in [-0.39, 0.29) is 0 Å². The lowest BCUT2D eigenvalue weighted by Crippen LogP contribution is -1.69. The highest BCUT2D eigenvalue weighted by molar-refractivity contribution is 8.03. The van der Waals surface area contributed by atoms with Gasteiger partial charge in [0.2, 0.25) is 0 Å². The third kappa shape index (κ3) is 2.81. The Morgan fingerprint density at radius 2 is 2.08 bits per heavy atom. The second kappa shape index (κ2) is 4.63. The third-order valence-electron chi connectivity index (χ3n) is 1.29. The Kier molecular flexibility index (Phi) is 3.43. The highest BCUT2D eigenvalue weighted by Crippen LogP contribution is 2.24. The van der Waals surface area contributed by atoms with Crippen LogP contribution in [-0.4, -0.2) is 0 Å². The average Bonchev–Trinajstić information content (AvgIpc) is 2.06. The molecule has 1 aromatic carbocycles. The summed E-state index contributed by atoms with van der Waals surface area (Å²) < 4.78 is 0. The van der Waals surface area contributed by atoms with E-state index < -0.39 is 0 Å². The van der Waals surface area contributed by atoms with Crippen LogP contribution in [0.2, 0.25) is 0 Å². The van der Waals surface area contributed by atoms with E-state index in [1.807, 2.05) is 43.3 Å². The van der Waals surface area contributed by atoms with Crippen LogP contribution in [0.15, 0.2) is 46.2 Å². The number of rotatable bonds is 2. The first kappa shape index (κ1) is 8.89. The molecule has 0 aliphatic rings. The van der Waals surface area contributed by atoms with Crippen LogP contribution < -0.4 is 0 Å². The molecular formula is C10H9NS. The van der Waals surface area contributed by atoms with Gasteiger partial charge in [-0.15, -0.1) is 0 Å². The Balaban J connectivity index is 2.66. The van der Waals surface area contributed by atoms with Crippen molar-refractivity contribution in [2.24, 2.45) is 0 Å². The monoisotopic (exact) mass is 175 g/mol. The number of hydrogen-bond acceptors (Lipinski definition) is 2. The lowest BCUT2D eigenvalue weighted by molar-refractivity contribution is 1.46. The predicted octanol–water partition coefficient (Wildman–Crippen LogP) is 3.21. The van der Waals surface area contributed by atoms with Crippen molar-refractivity contribution in [2.75, 3.05) is 0 Å². The van der Waals surface area contributed by atoms with E-state index in [2.05, 4.69) is 0 Å². The van der Waals surface area contributed by atoms with Crippen LogP contribution >= 0.6 is 11.8 Å². The summed E-state index contributed by atoms with van der Waals surface area (Å²) in [5.74, 6) is 0. The van der Waals surface area contributed by atoms with Gasteiger partial charge in [0.25, 0.3) is 0 Å². The Morgan fingerprint density at radius 1 is 1.42 bits per heavy atom. The molecule has 0 heterocycles. The van der Waals surface area contributed by atoms with Crippen LogP contribution in [0.4, 0.5) is 0 Å². The van der Waals surface area contributed by atoms with Crippen molar-refractivity contribution in [1.82, 2.24) is 0 Å². The summed E-state index contributed by atoms with van der Waals surface area (Å²) in [5, 5.41) is 8.37. The lowest BCUT2D eigenvalue weighted by atomic mass is 10.4. The summed E-state index contributed by atoms with van der Waals surface area (Å²) in [4.78, 5) is 2.19. The highest BCUT2D eigenvalue weighted by atomic mass is 32.2. The molecule has 1 aromatic rings. The molecule has 0 amide bonds. The van der Waals surface area contributed by atoms with Crippen molar-refractivity contribution in [2.45, 2.75) is 11.8 Å². The molecule has 0 N–H and O–H groups in total. The zero-order valence-corrected chi connectivity index (χ0v) is 7.64. The summed E-state index contributed by atoms with van der Waals surface area (Å²) in [6.07, 6.45) is 1.55. The van der Waals surface area contributed by atoms with Gasteiger partial charge in [-0.3, -0.25) is 0 Å². The van der Waals surface area contributed by atoms with Gasteiger partial charge in [-0.05, 0) is 24.0 Å². The van der Waals surface area contributed by atoms with E-state index in [1.54, 1.807) is 17.8 Å². The molecule has 0 fully saturated rings. The van der Waals surface area contributed by atoms with Crippen molar-refractivity contribution in [3.05, 3.63) is 41.3 Å². The summed E-state index contributed by atoms with van der Waals surface area (Å²) in [6, 6.07) is 12.0. The Bertz CT molecular complexity index is 308. The normalized spacial score (nSPS) is 10.8. The molecule has 0 radical (unpaired) electrons. The van der Waals surface area contributed by atoms with Crippen molar-refractivity contribution >= 4 is 11.8 Å². The molecule has 0 unspecified atom stereocenters. The molecule has 1 rings (SSSR count). The maximum atomic E-state index is 8.37. The molecule has 0 spiro atoms. The summed E-state index contributed by atoms with van der Waals surface area (Å²) >= 11 is 1.61. The second-order valence-electron chi connectivity index (χ2n) is 2.30. The molecule has 0 atom stereocenters. The standard InChI is InChI=1S/C10H9NS/c1-9(7-8-11)12-10-5-3-2-4-6-10/h2-7H,1H3/b9-7+. The van der Waals surface area contributed by atoms with Crippen LogP contribution in [0.1, 0.15) is 6.92 Å². The maximum absolute atomic E-state index is 8.37. The summed E-state index contributed by atoms with van der Waals surface area (Å²) in [5.41, 5.74) is 0. The largest absolute Gasteiger partial charge is 0.193 e. The molecule has 0 aliphatic heterocycles. The van der Waals surface area contributed by atoms with Gasteiger partial charge in [-0.2, -0.15) is 5.26 Å². The van der Waals surface area contributed by atoms with E-state index in [0.717, 1.165) is 4.91 Å². The number of allylic oxidation sites excluding steroid dienone is 2. The second-order valence-corrected chi connectivity index (χ2v) is 3.62. The van der Waals surface area contributed by atoms with E-state index in [4.69, 9.17) is 5.26 Å². The first-order chi connectivity index (χ1) is 5.83. The zero-order valence-electron chi connectivity index (χ0n) is 6.82. The van der Waals surface area contributed by atoms with Gasteiger partial charge in [-0.1, -0.05) is 30.0 Å². The van der Waals surface area contributed by atoms with Gasteiger partial charge in [0, 0.05) is 11.0 Å². The minimum Gasteiger partial charge on any atom is -0.193 e. The first-order valence-corrected chi connectivity index (χ1v) is 4.44. The van der Waals surface area contributed by atoms with Crippen LogP contribution in [0.5, 0.6) is 0 Å². The molecule has 0 bridgehead atoms. The minimum absolute atomic E-state index is 1.02. The molecule has 60 valence electrons. The van der Waals surface area contributed by atoms with Crippen molar-refractivity contribution in [1.29, 1.82) is 5.26 Å². The Hall–Kier alpha value is -1.20. The van der Waals surface area contributed by atoms with Crippen molar-refractivity contribution in [3.63, 3.8) is 0 Å². The van der Waals surface area contributed by atoms with Crippen molar-refractivity contribution in [3.8, 4) is 6.07 Å². The molecule has 1 nitrogen and oxygen atoms in total. The van der Waals surface area contributed by atoms with Crippen LogP contribution in [-0.2, 0) is 0 Å². The van der Waals surface area contributed by atoms with Gasteiger partial charge in [0.05, 0.1) is 6.07 Å². The molecule has 12 heavy (non-hydrogen) atoms. The minimum atomic E-state index is 1.02. The highest BCUT2D eigenvalue weighted by Gasteiger charge is 1.92. The molecule has 0 saturated carbocycles. The number of nitriles is 1. The summed E-state index contributed by atoms with van der Waals surface area (Å²) in [6.45, 7) is 1.93. The van der Waals surface area contributed by atoms with Gasteiger partial charge in [0.1, 0.15) is 0 Å². The van der Waals surface area contributed by atoms with Crippen LogP contribution in [0, 0.1) is 11.3 Å². The number of hydrogen-bond donors (Lipinski definition) is 0. The third-order valence-corrected chi connectivity index (χ3v) is 2.24. The van der Waals surface area contributed by atoms with E-state index >= 15 is 0 Å². The predicted molar refractivity (Wildman–Crippen MR) is 51.7 cm³/mol. The van der Waals surface area contributed by atoms with E-state index in [9.17, 15) is 0 Å². The fraction of sp³-hybridized carbons (Fsp3) is 0.100. The molecule has 0 saturated heterocycles. The molecule has 0 aliphatic carbocycles. The van der Waals surface area contributed by atoms with Crippen LogP contribution in [0.25, 0.3) is 0 Å². The first-order valence-electron chi connectivity index (χ1n) is 3.62. The maximum Gasteiger partial charge on any atom is 0.0920 e. The smallest absolute Gasteiger partial charge is 0.0920 e. The van der Waals surface area contributed by atoms with Gasteiger partial charge in [0.15, 0.2) is 0 Å². The van der Waals surface area contributed by atoms with Crippen molar-refractivity contribution < 1.29 is 0 Å². The Labute approximate surface area is 76.7 Å². The molecular weight excluding hydrogens is 166 g/mol. The number of benzene rings is 1. The number of thioether (sulfide) groups is 1. The van der Waals surface area contributed by atoms with Gasteiger partial charge >= 0.3 is 0 Å². The van der Waals surface area contributed by atoms with E-state index in [0.29, 0.717) is 0 Å². The van der Waals surface area contributed by atoms with E-state index in [1.165, 1.54) is 4.90 Å². The fourth-order valence-electron chi connectivity index (χ4n) is 0.795. The quantitative estimate of drug-likeness (QED) is 0.509. The van der Waals surface area contributed by atoms with Gasteiger partial charge < -0.3 is 0 Å². The average molecular weight is 175 g/mol. The zero-order chi connectivity index (χ0) is 8.81. The fourth-order valence-corrected chi connectivity index (χ4v) is 1.57. The van der Waals surface area contributed by atoms with Gasteiger partial charge in [-0.25, -0.2) is 0 Å². The Morgan fingerprint density at radius 3 is 2.67 bits per heavy atom. The number of nitrogens with zero attached hydrogens (tertiary/aromatic N) is 1. The SMILES string of the molecule is C/C(=C\C#N)Sc1ccccc1.